The predicted octanol–water partition coefficient (Wildman–Crippen LogP) is 4.21. The number of carbonyl (C=O) groups excluding carboxylic acids is 1. The predicted molar refractivity (Wildman–Crippen MR) is 75.9 cm³/mol. The minimum Gasteiger partial charge on any atom is -0.292 e. The van der Waals surface area contributed by atoms with Crippen LogP contribution in [0.5, 0.6) is 0 Å². The van der Waals surface area contributed by atoms with Crippen molar-refractivity contribution in [3.8, 4) is 0 Å². The van der Waals surface area contributed by atoms with E-state index in [-0.39, 0.29) is 16.6 Å². The second-order valence-electron chi connectivity index (χ2n) is 7.26. The summed E-state index contributed by atoms with van der Waals surface area (Å²) in [5.41, 5.74) is 2.65. The van der Waals surface area contributed by atoms with Gasteiger partial charge in [0.2, 0.25) is 0 Å². The fraction of sp³-hybridized carbons (Fsp3) is 0.625. The Balaban J connectivity index is 3.04. The number of aryl methyl sites for hydroxylation is 1. The molecule has 0 bridgehead atoms. The van der Waals surface area contributed by atoms with Gasteiger partial charge >= 0.3 is 0 Å². The van der Waals surface area contributed by atoms with Gasteiger partial charge in [0.05, 0.1) is 0 Å². The van der Waals surface area contributed by atoms with E-state index in [0.717, 1.165) is 12.1 Å². The van der Waals surface area contributed by atoms with Crippen molar-refractivity contribution in [2.24, 2.45) is 10.8 Å². The van der Waals surface area contributed by atoms with Gasteiger partial charge in [-0.05, 0) is 30.4 Å². The van der Waals surface area contributed by atoms with Gasteiger partial charge in [-0.2, -0.15) is 0 Å². The van der Waals surface area contributed by atoms with Crippen LogP contribution in [-0.2, 0) is 6.42 Å². The summed E-state index contributed by atoms with van der Waals surface area (Å²) in [5, 5.41) is 0. The van der Waals surface area contributed by atoms with Crippen molar-refractivity contribution >= 4 is 5.78 Å². The molecule has 0 saturated carbocycles. The van der Waals surface area contributed by atoms with E-state index in [0.29, 0.717) is 5.69 Å². The molecule has 1 heterocycles. The summed E-state index contributed by atoms with van der Waals surface area (Å²) in [6, 6.07) is 3.91. The molecule has 2 heteroatoms. The zero-order chi connectivity index (χ0) is 14.1. The third-order valence-electron chi connectivity index (χ3n) is 2.83. The monoisotopic (exact) mass is 247 g/mol. The number of pyridine rings is 1. The second kappa shape index (κ2) is 4.83. The number of hydrogen-bond acceptors (Lipinski definition) is 2. The first-order chi connectivity index (χ1) is 8.00. The Hall–Kier alpha value is -1.18. The van der Waals surface area contributed by atoms with Crippen LogP contribution in [0.3, 0.4) is 0 Å². The van der Waals surface area contributed by atoms with Gasteiger partial charge in [-0.15, -0.1) is 0 Å². The molecule has 1 aromatic heterocycles. The van der Waals surface area contributed by atoms with Crippen molar-refractivity contribution in [2.45, 2.75) is 54.9 Å². The maximum Gasteiger partial charge on any atom is 0.186 e. The maximum absolute atomic E-state index is 12.2. The van der Waals surface area contributed by atoms with Gasteiger partial charge in [-0.3, -0.25) is 4.79 Å². The van der Waals surface area contributed by atoms with Crippen LogP contribution in [0.4, 0.5) is 0 Å². The lowest BCUT2D eigenvalue weighted by molar-refractivity contribution is 0.0852. The first-order valence-corrected chi connectivity index (χ1v) is 6.52. The SMILES string of the molecule is Cc1nc(C(=O)C(C)(C)C)ccc1CC(C)(C)C. The van der Waals surface area contributed by atoms with Gasteiger partial charge in [0.25, 0.3) is 0 Å². The van der Waals surface area contributed by atoms with Crippen LogP contribution in [0.1, 0.15) is 63.3 Å². The van der Waals surface area contributed by atoms with Crippen molar-refractivity contribution in [1.82, 2.24) is 4.98 Å². The van der Waals surface area contributed by atoms with E-state index >= 15 is 0 Å². The number of aromatic nitrogens is 1. The Bertz CT molecular complexity index is 447. The second-order valence-corrected chi connectivity index (χ2v) is 7.26. The molecule has 0 saturated heterocycles. The van der Waals surface area contributed by atoms with Crippen LogP contribution in [0, 0.1) is 17.8 Å². The smallest absolute Gasteiger partial charge is 0.186 e. The molecular weight excluding hydrogens is 222 g/mol. The summed E-state index contributed by atoms with van der Waals surface area (Å²) in [5.74, 6) is 0.105. The molecule has 18 heavy (non-hydrogen) atoms. The van der Waals surface area contributed by atoms with Crippen LogP contribution in [0.15, 0.2) is 12.1 Å². The zero-order valence-electron chi connectivity index (χ0n) is 12.7. The number of Topliss-reactive ketones (excluding diaryl/α,β-unsaturated/α-hetero) is 1. The standard InChI is InChI=1S/C16H25NO/c1-11-12(10-15(2,3)4)8-9-13(17-11)14(18)16(5,6)7/h8-9H,10H2,1-7H3. The number of hydrogen-bond donors (Lipinski definition) is 0. The topological polar surface area (TPSA) is 30.0 Å². The highest BCUT2D eigenvalue weighted by molar-refractivity contribution is 5.98. The highest BCUT2D eigenvalue weighted by atomic mass is 16.1. The van der Waals surface area contributed by atoms with Crippen molar-refractivity contribution < 1.29 is 4.79 Å². The Labute approximate surface area is 111 Å². The van der Waals surface area contributed by atoms with E-state index in [1.807, 2.05) is 39.8 Å². The lowest BCUT2D eigenvalue weighted by atomic mass is 9.86. The fourth-order valence-electron chi connectivity index (χ4n) is 1.86. The summed E-state index contributed by atoms with van der Waals surface area (Å²) in [7, 11) is 0. The van der Waals surface area contributed by atoms with Gasteiger partial charge in [0.15, 0.2) is 5.78 Å². The molecule has 0 fully saturated rings. The summed E-state index contributed by atoms with van der Waals surface area (Å²) in [4.78, 5) is 16.6. The van der Waals surface area contributed by atoms with E-state index < -0.39 is 0 Å². The molecular formula is C16H25NO. The first-order valence-electron chi connectivity index (χ1n) is 6.52. The minimum atomic E-state index is -0.370. The van der Waals surface area contributed by atoms with Gasteiger partial charge in [-0.1, -0.05) is 47.6 Å². The molecule has 100 valence electrons. The molecule has 0 unspecified atom stereocenters. The molecule has 0 spiro atoms. The van der Waals surface area contributed by atoms with E-state index in [9.17, 15) is 4.79 Å². The van der Waals surface area contributed by atoms with E-state index in [1.165, 1.54) is 5.56 Å². The third kappa shape index (κ3) is 3.94. The number of rotatable bonds is 2. The lowest BCUT2D eigenvalue weighted by Crippen LogP contribution is -2.22. The molecule has 0 aliphatic heterocycles. The van der Waals surface area contributed by atoms with Crippen LogP contribution in [0.25, 0.3) is 0 Å². The number of carbonyl (C=O) groups is 1. The van der Waals surface area contributed by atoms with Crippen molar-refractivity contribution in [3.63, 3.8) is 0 Å². The van der Waals surface area contributed by atoms with Crippen molar-refractivity contribution in [3.05, 3.63) is 29.1 Å². The van der Waals surface area contributed by atoms with Gasteiger partial charge in [0, 0.05) is 11.1 Å². The molecule has 0 amide bonds. The van der Waals surface area contributed by atoms with E-state index in [2.05, 4.69) is 25.8 Å². The Morgan fingerprint density at radius 3 is 2.06 bits per heavy atom. The van der Waals surface area contributed by atoms with Crippen LogP contribution in [0.2, 0.25) is 0 Å². The molecule has 0 atom stereocenters. The summed E-state index contributed by atoms with van der Waals surface area (Å²) in [6.07, 6.45) is 0.982. The molecule has 0 aromatic carbocycles. The molecule has 0 radical (unpaired) electrons. The van der Waals surface area contributed by atoms with Crippen LogP contribution >= 0.6 is 0 Å². The molecule has 1 rings (SSSR count). The summed E-state index contributed by atoms with van der Waals surface area (Å²) < 4.78 is 0. The Morgan fingerprint density at radius 2 is 1.67 bits per heavy atom. The molecule has 1 aromatic rings. The maximum atomic E-state index is 12.2. The largest absolute Gasteiger partial charge is 0.292 e. The molecule has 0 aliphatic rings. The first kappa shape index (κ1) is 14.9. The highest BCUT2D eigenvalue weighted by Crippen LogP contribution is 2.24. The quantitative estimate of drug-likeness (QED) is 0.733. The Morgan fingerprint density at radius 1 is 1.11 bits per heavy atom. The van der Waals surface area contributed by atoms with Gasteiger partial charge < -0.3 is 0 Å². The molecule has 0 N–H and O–H groups in total. The lowest BCUT2D eigenvalue weighted by Gasteiger charge is -2.20. The van der Waals surface area contributed by atoms with Gasteiger partial charge in [-0.25, -0.2) is 4.98 Å². The number of ketones is 1. The minimum absolute atomic E-state index is 0.105. The zero-order valence-corrected chi connectivity index (χ0v) is 12.7. The summed E-state index contributed by atoms with van der Waals surface area (Å²) >= 11 is 0. The molecule has 0 aliphatic carbocycles. The highest BCUT2D eigenvalue weighted by Gasteiger charge is 2.24. The third-order valence-corrected chi connectivity index (χ3v) is 2.83. The van der Waals surface area contributed by atoms with Crippen LogP contribution in [-0.4, -0.2) is 10.8 Å². The van der Waals surface area contributed by atoms with Crippen LogP contribution < -0.4 is 0 Å². The normalized spacial score (nSPS) is 12.6. The summed E-state index contributed by atoms with van der Waals surface area (Å²) in [6.45, 7) is 14.4. The average molecular weight is 247 g/mol. The Kier molecular flexibility index (Phi) is 3.99. The van der Waals surface area contributed by atoms with Gasteiger partial charge in [0.1, 0.15) is 5.69 Å². The van der Waals surface area contributed by atoms with Crippen molar-refractivity contribution in [1.29, 1.82) is 0 Å². The average Bonchev–Trinajstić information content (AvgIpc) is 2.16. The fourth-order valence-corrected chi connectivity index (χ4v) is 1.86. The number of nitrogens with zero attached hydrogens (tertiary/aromatic N) is 1. The van der Waals surface area contributed by atoms with E-state index in [4.69, 9.17) is 0 Å². The molecule has 2 nitrogen and oxygen atoms in total. The van der Waals surface area contributed by atoms with E-state index in [1.54, 1.807) is 0 Å². The van der Waals surface area contributed by atoms with Crippen molar-refractivity contribution in [2.75, 3.05) is 0 Å².